The number of nitro benzene ring substituents is 1. The number of carbonyl (C=O) groups excluding carboxylic acids is 2. The second-order valence-electron chi connectivity index (χ2n) is 7.44. The van der Waals surface area contributed by atoms with Gasteiger partial charge in [0, 0.05) is 17.8 Å². The Bertz CT molecular complexity index is 1350. The van der Waals surface area contributed by atoms with Gasteiger partial charge in [-0.05, 0) is 48.4 Å². The molecule has 1 atom stereocenters. The van der Waals surface area contributed by atoms with Gasteiger partial charge >= 0.3 is 0 Å². The standard InChI is InChI=1S/C24H17FN4O5S/c25-16-6-8-17(9-7-16)28-23(31)21(12-15-3-1-4-18(11-15)29(32)33)35-24(28)20(13-26)22(30)27-14-19-5-2-10-34-19/h1-11,21H,12,14H2,(H,27,30)/b24-20+/t21-/m0/s1. The number of carbonyl (C=O) groups is 2. The van der Waals surface area contributed by atoms with Crippen molar-refractivity contribution < 1.29 is 23.3 Å². The van der Waals surface area contributed by atoms with Crippen LogP contribution in [0.25, 0.3) is 0 Å². The third-order valence-corrected chi connectivity index (χ3v) is 6.40. The number of non-ortho nitro benzene ring substituents is 1. The number of hydrogen-bond donors (Lipinski definition) is 1. The highest BCUT2D eigenvalue weighted by atomic mass is 32.2. The van der Waals surface area contributed by atoms with Crippen LogP contribution in [0.4, 0.5) is 15.8 Å². The molecule has 2 heterocycles. The molecule has 2 amide bonds. The molecule has 11 heteroatoms. The molecule has 1 N–H and O–H groups in total. The monoisotopic (exact) mass is 492 g/mol. The van der Waals surface area contributed by atoms with Crippen molar-refractivity contribution in [3.05, 3.63) is 105 Å². The molecule has 0 saturated carbocycles. The summed E-state index contributed by atoms with van der Waals surface area (Å²) in [5, 5.41) is 22.8. The summed E-state index contributed by atoms with van der Waals surface area (Å²) in [7, 11) is 0. The summed E-state index contributed by atoms with van der Waals surface area (Å²) in [5.41, 5.74) is 0.429. The van der Waals surface area contributed by atoms with E-state index in [-0.39, 0.29) is 34.9 Å². The van der Waals surface area contributed by atoms with Crippen molar-refractivity contribution in [2.24, 2.45) is 0 Å². The van der Waals surface area contributed by atoms with Gasteiger partial charge in [0.25, 0.3) is 11.6 Å². The van der Waals surface area contributed by atoms with Crippen molar-refractivity contribution in [3.8, 4) is 6.07 Å². The molecular weight excluding hydrogens is 475 g/mol. The molecule has 1 aliphatic rings. The van der Waals surface area contributed by atoms with Gasteiger partial charge in [-0.3, -0.25) is 24.6 Å². The number of benzene rings is 2. The first-order valence-electron chi connectivity index (χ1n) is 10.3. The lowest BCUT2D eigenvalue weighted by molar-refractivity contribution is -0.384. The van der Waals surface area contributed by atoms with Gasteiger partial charge in [0.2, 0.25) is 5.91 Å². The van der Waals surface area contributed by atoms with E-state index < -0.39 is 27.8 Å². The Morgan fingerprint density at radius 1 is 1.23 bits per heavy atom. The lowest BCUT2D eigenvalue weighted by atomic mass is 10.1. The minimum atomic E-state index is -0.765. The SMILES string of the molecule is N#C/C(C(=O)NCc1ccco1)=C1\S[C@@H](Cc2cccc([N+](=O)[O-])c2)C(=O)N1c1ccc(F)cc1. The molecule has 1 saturated heterocycles. The smallest absolute Gasteiger partial charge is 0.269 e. The Morgan fingerprint density at radius 2 is 2.00 bits per heavy atom. The highest BCUT2D eigenvalue weighted by Crippen LogP contribution is 2.42. The van der Waals surface area contributed by atoms with Gasteiger partial charge in [0.1, 0.15) is 28.2 Å². The van der Waals surface area contributed by atoms with Crippen molar-refractivity contribution in [2.75, 3.05) is 4.90 Å². The Kier molecular flexibility index (Phi) is 6.93. The minimum Gasteiger partial charge on any atom is -0.467 e. The summed E-state index contributed by atoms with van der Waals surface area (Å²) < 4.78 is 18.7. The Hall–Kier alpha value is -4.43. The van der Waals surface area contributed by atoms with E-state index in [9.17, 15) is 29.4 Å². The lowest BCUT2D eigenvalue weighted by Gasteiger charge is -2.18. The summed E-state index contributed by atoms with van der Waals surface area (Å²) in [6.07, 6.45) is 1.57. The summed E-state index contributed by atoms with van der Waals surface area (Å²) in [6, 6.07) is 16.2. The van der Waals surface area contributed by atoms with Crippen molar-refractivity contribution in [1.29, 1.82) is 5.26 Å². The zero-order valence-electron chi connectivity index (χ0n) is 18.0. The molecular formula is C24H17FN4O5S. The first-order valence-corrected chi connectivity index (χ1v) is 11.2. The highest BCUT2D eigenvalue weighted by molar-refractivity contribution is 8.05. The maximum absolute atomic E-state index is 13.5. The van der Waals surface area contributed by atoms with E-state index in [1.165, 1.54) is 53.6 Å². The van der Waals surface area contributed by atoms with Crippen molar-refractivity contribution in [3.63, 3.8) is 0 Å². The first-order chi connectivity index (χ1) is 16.9. The largest absolute Gasteiger partial charge is 0.467 e. The average molecular weight is 492 g/mol. The number of hydrogen-bond acceptors (Lipinski definition) is 7. The topological polar surface area (TPSA) is 129 Å². The molecule has 4 rings (SSSR count). The Labute approximate surface area is 203 Å². The van der Waals surface area contributed by atoms with E-state index in [4.69, 9.17) is 4.42 Å². The van der Waals surface area contributed by atoms with Crippen LogP contribution in [0.2, 0.25) is 0 Å². The predicted octanol–water partition coefficient (Wildman–Crippen LogP) is 4.07. The van der Waals surface area contributed by atoms with E-state index >= 15 is 0 Å². The lowest BCUT2D eigenvalue weighted by Crippen LogP contribution is -2.32. The van der Waals surface area contributed by atoms with Crippen LogP contribution in [-0.2, 0) is 22.6 Å². The number of nitrogens with zero attached hydrogens (tertiary/aromatic N) is 3. The third kappa shape index (κ3) is 5.23. The average Bonchev–Trinajstić information content (AvgIpc) is 3.48. The second-order valence-corrected chi connectivity index (χ2v) is 8.63. The van der Waals surface area contributed by atoms with Crippen molar-refractivity contribution in [2.45, 2.75) is 18.2 Å². The quantitative estimate of drug-likeness (QED) is 0.228. The van der Waals surface area contributed by atoms with E-state index in [0.29, 0.717) is 11.3 Å². The second kappa shape index (κ2) is 10.2. The zero-order chi connectivity index (χ0) is 24.9. The number of nitriles is 1. The number of nitrogens with one attached hydrogen (secondary N) is 1. The first kappa shape index (κ1) is 23.7. The number of halogens is 1. The number of amides is 2. The molecule has 3 aromatic rings. The van der Waals surface area contributed by atoms with Gasteiger partial charge in [-0.15, -0.1) is 0 Å². The summed E-state index contributed by atoms with van der Waals surface area (Å²) in [5.74, 6) is -1.17. The summed E-state index contributed by atoms with van der Waals surface area (Å²) in [6.45, 7) is 0.0383. The van der Waals surface area contributed by atoms with Crippen LogP contribution in [0.1, 0.15) is 11.3 Å². The number of rotatable bonds is 7. The van der Waals surface area contributed by atoms with Crippen LogP contribution in [0.5, 0.6) is 0 Å². The molecule has 0 bridgehead atoms. The molecule has 1 fully saturated rings. The van der Waals surface area contributed by atoms with Gasteiger partial charge in [0.05, 0.1) is 23.0 Å². The predicted molar refractivity (Wildman–Crippen MR) is 125 cm³/mol. The molecule has 1 aliphatic heterocycles. The van der Waals surface area contributed by atoms with Gasteiger partial charge in [-0.2, -0.15) is 5.26 Å². The van der Waals surface area contributed by atoms with Gasteiger partial charge < -0.3 is 9.73 Å². The molecule has 0 radical (unpaired) electrons. The molecule has 0 aliphatic carbocycles. The fraction of sp³-hybridized carbons (Fsp3) is 0.125. The fourth-order valence-electron chi connectivity index (χ4n) is 3.49. The number of thioether (sulfide) groups is 1. The Morgan fingerprint density at radius 3 is 2.66 bits per heavy atom. The van der Waals surface area contributed by atoms with Crippen LogP contribution in [0, 0.1) is 27.3 Å². The van der Waals surface area contributed by atoms with Crippen LogP contribution in [0.15, 0.2) is 81.9 Å². The van der Waals surface area contributed by atoms with E-state index in [1.807, 2.05) is 6.07 Å². The number of nitro groups is 1. The van der Waals surface area contributed by atoms with Crippen molar-refractivity contribution >= 4 is 35.0 Å². The maximum Gasteiger partial charge on any atom is 0.269 e. The van der Waals surface area contributed by atoms with E-state index in [1.54, 1.807) is 18.2 Å². The number of furan rings is 1. The van der Waals surface area contributed by atoms with Crippen molar-refractivity contribution in [1.82, 2.24) is 5.32 Å². The normalized spacial score (nSPS) is 16.6. The summed E-state index contributed by atoms with van der Waals surface area (Å²) in [4.78, 5) is 38.1. The van der Waals surface area contributed by atoms with E-state index in [0.717, 1.165) is 11.8 Å². The van der Waals surface area contributed by atoms with Crippen LogP contribution < -0.4 is 10.2 Å². The minimum absolute atomic E-state index is 0.0383. The molecule has 0 spiro atoms. The molecule has 1 aromatic heterocycles. The van der Waals surface area contributed by atoms with E-state index in [2.05, 4.69) is 5.32 Å². The maximum atomic E-state index is 13.5. The molecule has 176 valence electrons. The van der Waals surface area contributed by atoms with Gasteiger partial charge in [-0.25, -0.2) is 4.39 Å². The van der Waals surface area contributed by atoms with Gasteiger partial charge in [-0.1, -0.05) is 23.9 Å². The molecule has 0 unspecified atom stereocenters. The fourth-order valence-corrected chi connectivity index (χ4v) is 4.80. The molecule has 2 aromatic carbocycles. The third-order valence-electron chi connectivity index (χ3n) is 5.14. The molecule has 9 nitrogen and oxygen atoms in total. The summed E-state index contributed by atoms with van der Waals surface area (Å²) >= 11 is 1.00. The molecule has 35 heavy (non-hydrogen) atoms. The van der Waals surface area contributed by atoms with Crippen LogP contribution >= 0.6 is 11.8 Å². The van der Waals surface area contributed by atoms with Crippen LogP contribution in [0.3, 0.4) is 0 Å². The van der Waals surface area contributed by atoms with Gasteiger partial charge in [0.15, 0.2) is 0 Å². The Balaban J connectivity index is 1.68. The highest BCUT2D eigenvalue weighted by Gasteiger charge is 2.41. The number of anilines is 1. The zero-order valence-corrected chi connectivity index (χ0v) is 18.8. The van der Waals surface area contributed by atoms with Crippen LogP contribution in [-0.4, -0.2) is 22.0 Å².